The van der Waals surface area contributed by atoms with Crippen LogP contribution in [0, 0.1) is 0 Å². The van der Waals surface area contributed by atoms with Crippen LogP contribution in [-0.4, -0.2) is 29.0 Å². The van der Waals surface area contributed by atoms with Gasteiger partial charge < -0.3 is 20.2 Å². The number of amides is 2. The molecule has 0 saturated heterocycles. The summed E-state index contributed by atoms with van der Waals surface area (Å²) < 4.78 is 5.15. The van der Waals surface area contributed by atoms with E-state index in [4.69, 9.17) is 4.42 Å². The molecule has 134 valence electrons. The Bertz CT molecular complexity index is 693. The lowest BCUT2D eigenvalue weighted by Gasteiger charge is -2.17. The van der Waals surface area contributed by atoms with Crippen molar-refractivity contribution in [2.45, 2.75) is 45.4 Å². The highest BCUT2D eigenvalue weighted by molar-refractivity contribution is 5.97. The number of hydrogen-bond donors (Lipinski definition) is 3. The van der Waals surface area contributed by atoms with E-state index in [-0.39, 0.29) is 23.9 Å². The Morgan fingerprint density at radius 2 is 1.56 bits per heavy atom. The Morgan fingerprint density at radius 3 is 2.04 bits per heavy atom. The lowest BCUT2D eigenvalue weighted by Crippen LogP contribution is -2.34. The van der Waals surface area contributed by atoms with Crippen molar-refractivity contribution < 1.29 is 19.1 Å². The molecule has 25 heavy (non-hydrogen) atoms. The van der Waals surface area contributed by atoms with Gasteiger partial charge in [-0.2, -0.15) is 0 Å². The number of carbonyl (C=O) groups is 2. The Labute approximate surface area is 147 Å². The van der Waals surface area contributed by atoms with Gasteiger partial charge in [0, 0.05) is 29.6 Å². The van der Waals surface area contributed by atoms with Crippen molar-refractivity contribution in [3.63, 3.8) is 0 Å². The summed E-state index contributed by atoms with van der Waals surface area (Å²) in [4.78, 5) is 24.2. The molecule has 0 aliphatic rings. The van der Waals surface area contributed by atoms with Crippen LogP contribution in [-0.2, 0) is 0 Å². The maximum absolute atomic E-state index is 12.3. The molecule has 1 heterocycles. The minimum Gasteiger partial charge on any atom is -0.467 e. The van der Waals surface area contributed by atoms with Crippen LogP contribution in [0.1, 0.15) is 59.8 Å². The van der Waals surface area contributed by atoms with E-state index >= 15 is 0 Å². The molecule has 1 aromatic heterocycles. The summed E-state index contributed by atoms with van der Waals surface area (Å²) in [7, 11) is 0. The fourth-order valence-electron chi connectivity index (χ4n) is 2.42. The quantitative estimate of drug-likeness (QED) is 0.720. The highest BCUT2D eigenvalue weighted by Gasteiger charge is 2.17. The zero-order valence-electron chi connectivity index (χ0n) is 14.7. The molecule has 1 aromatic carbocycles. The van der Waals surface area contributed by atoms with Crippen LogP contribution < -0.4 is 10.6 Å². The smallest absolute Gasteiger partial charge is 0.251 e. The summed E-state index contributed by atoms with van der Waals surface area (Å²) in [5.74, 6) is 0.0495. The van der Waals surface area contributed by atoms with E-state index in [0.29, 0.717) is 23.3 Å². The van der Waals surface area contributed by atoms with Crippen molar-refractivity contribution in [3.05, 3.63) is 59.5 Å². The number of hydrogen-bond acceptors (Lipinski definition) is 4. The third-order valence-electron chi connectivity index (χ3n) is 3.65. The number of furan rings is 1. The number of benzene rings is 1. The average molecular weight is 344 g/mol. The minimum absolute atomic E-state index is 0.0527. The molecule has 2 aromatic rings. The maximum Gasteiger partial charge on any atom is 0.251 e. The van der Waals surface area contributed by atoms with Crippen LogP contribution in [0.2, 0.25) is 0 Å². The normalized spacial score (nSPS) is 13.3. The molecule has 6 nitrogen and oxygen atoms in total. The second-order valence-corrected chi connectivity index (χ2v) is 6.35. The van der Waals surface area contributed by atoms with Crippen LogP contribution in [0.15, 0.2) is 47.1 Å². The molecule has 2 atom stereocenters. The molecular formula is C19H24N2O4. The largest absolute Gasteiger partial charge is 0.467 e. The van der Waals surface area contributed by atoms with Gasteiger partial charge in [-0.1, -0.05) is 0 Å². The topological polar surface area (TPSA) is 91.6 Å². The Balaban J connectivity index is 1.90. The van der Waals surface area contributed by atoms with Gasteiger partial charge in [-0.25, -0.2) is 0 Å². The highest BCUT2D eigenvalue weighted by Crippen LogP contribution is 2.18. The van der Waals surface area contributed by atoms with Gasteiger partial charge in [-0.15, -0.1) is 0 Å². The lowest BCUT2D eigenvalue weighted by atomic mass is 10.1. The average Bonchev–Trinajstić information content (AvgIpc) is 3.08. The van der Waals surface area contributed by atoms with Crippen molar-refractivity contribution in [3.8, 4) is 0 Å². The number of aliphatic hydroxyl groups is 1. The third-order valence-corrected chi connectivity index (χ3v) is 3.65. The fourth-order valence-corrected chi connectivity index (χ4v) is 2.42. The van der Waals surface area contributed by atoms with Crippen LogP contribution >= 0.6 is 0 Å². The zero-order valence-corrected chi connectivity index (χ0v) is 14.7. The first-order valence-corrected chi connectivity index (χ1v) is 8.30. The summed E-state index contributed by atoms with van der Waals surface area (Å²) in [5.41, 5.74) is 0.965. The first-order chi connectivity index (χ1) is 11.9. The molecule has 6 heteroatoms. The molecule has 0 bridgehead atoms. The van der Waals surface area contributed by atoms with Gasteiger partial charge >= 0.3 is 0 Å². The van der Waals surface area contributed by atoms with Crippen molar-refractivity contribution in [1.29, 1.82) is 0 Å². The number of carbonyl (C=O) groups excluding carboxylic acids is 2. The number of nitrogens with one attached hydrogen (secondary N) is 2. The Kier molecular flexibility index (Phi) is 6.36. The molecule has 0 fully saturated rings. The van der Waals surface area contributed by atoms with E-state index in [1.165, 1.54) is 6.26 Å². The van der Waals surface area contributed by atoms with Crippen molar-refractivity contribution >= 4 is 11.8 Å². The maximum atomic E-state index is 12.3. The van der Waals surface area contributed by atoms with Gasteiger partial charge in [-0.3, -0.25) is 9.59 Å². The van der Waals surface area contributed by atoms with Gasteiger partial charge in [0.2, 0.25) is 0 Å². The van der Waals surface area contributed by atoms with Gasteiger partial charge in [0.25, 0.3) is 11.8 Å². The molecule has 2 unspecified atom stereocenters. The molecule has 2 amide bonds. The lowest BCUT2D eigenvalue weighted by molar-refractivity contribution is 0.0899. The van der Waals surface area contributed by atoms with Crippen LogP contribution in [0.3, 0.4) is 0 Å². The molecule has 0 aliphatic heterocycles. The summed E-state index contributed by atoms with van der Waals surface area (Å²) in [6.45, 7) is 5.59. The monoisotopic (exact) mass is 344 g/mol. The van der Waals surface area contributed by atoms with Gasteiger partial charge in [0.15, 0.2) is 0 Å². The fraction of sp³-hybridized carbons (Fsp3) is 0.368. The van der Waals surface area contributed by atoms with Gasteiger partial charge in [0.1, 0.15) is 11.9 Å². The van der Waals surface area contributed by atoms with Gasteiger partial charge in [0.05, 0.1) is 6.26 Å². The second kappa shape index (κ2) is 8.48. The molecule has 0 spiro atoms. The van der Waals surface area contributed by atoms with Gasteiger partial charge in [-0.05, 0) is 57.2 Å². The van der Waals surface area contributed by atoms with Crippen molar-refractivity contribution in [1.82, 2.24) is 10.6 Å². The summed E-state index contributed by atoms with van der Waals surface area (Å²) in [6.07, 6.45) is 1.07. The molecule has 2 rings (SSSR count). The van der Waals surface area contributed by atoms with Crippen LogP contribution in [0.25, 0.3) is 0 Å². The summed E-state index contributed by atoms with van der Waals surface area (Å²) in [5, 5.41) is 15.7. The molecule has 3 N–H and O–H groups in total. The van der Waals surface area contributed by atoms with E-state index in [0.717, 1.165) is 0 Å². The van der Waals surface area contributed by atoms with E-state index in [9.17, 15) is 14.7 Å². The number of rotatable bonds is 7. The van der Waals surface area contributed by atoms with Crippen LogP contribution in [0.4, 0.5) is 0 Å². The standard InChI is InChI=1S/C19H24N2O4/c1-12(2)20-18(23)14-6-8-15(9-7-14)19(24)21-13(3)11-16(22)17-5-4-10-25-17/h4-10,12-13,16,22H,11H2,1-3H3,(H,20,23)(H,21,24). The zero-order chi connectivity index (χ0) is 18.4. The van der Waals surface area contributed by atoms with Crippen LogP contribution in [0.5, 0.6) is 0 Å². The first-order valence-electron chi connectivity index (χ1n) is 8.30. The first kappa shape index (κ1) is 18.7. The van der Waals surface area contributed by atoms with E-state index < -0.39 is 6.10 Å². The number of aliphatic hydroxyl groups excluding tert-OH is 1. The minimum atomic E-state index is -0.771. The predicted molar refractivity (Wildman–Crippen MR) is 94.3 cm³/mol. The summed E-state index contributed by atoms with van der Waals surface area (Å²) in [6, 6.07) is 9.68. The molecule has 0 aliphatic carbocycles. The third kappa shape index (κ3) is 5.46. The molecular weight excluding hydrogens is 320 g/mol. The van der Waals surface area contributed by atoms with E-state index in [2.05, 4.69) is 10.6 Å². The highest BCUT2D eigenvalue weighted by atomic mass is 16.4. The molecule has 0 saturated carbocycles. The molecule has 0 radical (unpaired) electrons. The van der Waals surface area contributed by atoms with E-state index in [1.807, 2.05) is 20.8 Å². The predicted octanol–water partition coefficient (Wildman–Crippen LogP) is 2.66. The van der Waals surface area contributed by atoms with E-state index in [1.54, 1.807) is 36.4 Å². The summed E-state index contributed by atoms with van der Waals surface area (Å²) >= 11 is 0. The van der Waals surface area contributed by atoms with Crippen molar-refractivity contribution in [2.75, 3.05) is 0 Å². The Hall–Kier alpha value is -2.60. The van der Waals surface area contributed by atoms with Crippen molar-refractivity contribution in [2.24, 2.45) is 0 Å². The Morgan fingerprint density at radius 1 is 1.00 bits per heavy atom. The SMILES string of the molecule is CC(C)NC(=O)c1ccc(C(=O)NC(C)CC(O)c2ccco2)cc1. The second-order valence-electron chi connectivity index (χ2n) is 6.35.